The highest BCUT2D eigenvalue weighted by atomic mass is 16.4. The topological polar surface area (TPSA) is 42.2 Å². The number of nitrogens with zero attached hydrogens (tertiary/aromatic N) is 3. The number of piperidine rings is 1. The van der Waals surface area contributed by atoms with Crippen LogP contribution in [-0.4, -0.2) is 34.2 Å². The van der Waals surface area contributed by atoms with Crippen molar-refractivity contribution in [3.05, 3.63) is 71.6 Å². The van der Waals surface area contributed by atoms with Gasteiger partial charge >= 0.3 is 0 Å². The molecule has 0 N–H and O–H groups in total. The third-order valence-corrected chi connectivity index (χ3v) is 6.52. The third kappa shape index (κ3) is 2.88. The molecule has 0 amide bonds. The molecule has 2 aliphatic heterocycles. The fourth-order valence-corrected chi connectivity index (χ4v) is 5.03. The number of rotatable bonds is 3. The van der Waals surface area contributed by atoms with E-state index in [0.29, 0.717) is 23.9 Å². The molecule has 5 rings (SSSR count). The van der Waals surface area contributed by atoms with Crippen molar-refractivity contribution < 1.29 is 4.42 Å². The van der Waals surface area contributed by atoms with Crippen LogP contribution in [0.4, 0.5) is 0 Å². The van der Waals surface area contributed by atoms with Crippen molar-refractivity contribution in [3.8, 4) is 11.5 Å². The molecule has 4 heteroatoms. The molecule has 0 aliphatic carbocycles. The quantitative estimate of drug-likeness (QED) is 0.675. The van der Waals surface area contributed by atoms with Gasteiger partial charge in [0.15, 0.2) is 0 Å². The smallest absolute Gasteiger partial charge is 0.247 e. The standard InChI is InChI=1S/C23H25N3O/c1-15-8-10-16(11-9-15)19-14-18-12-13-20(26(18)2)21(19)23-25-24-22(27-23)17-6-4-3-5-7-17/h3-11,18-21H,12-14H2,1-2H3/t18-,19+,20+,21+/m0/s1. The third-order valence-electron chi connectivity index (χ3n) is 6.52. The van der Waals surface area contributed by atoms with Crippen molar-refractivity contribution in [2.75, 3.05) is 7.05 Å². The summed E-state index contributed by atoms with van der Waals surface area (Å²) >= 11 is 0. The van der Waals surface area contributed by atoms with Gasteiger partial charge in [0.1, 0.15) is 0 Å². The van der Waals surface area contributed by atoms with Gasteiger partial charge in [0.25, 0.3) is 0 Å². The summed E-state index contributed by atoms with van der Waals surface area (Å²) in [6.07, 6.45) is 3.63. The Kier molecular flexibility index (Phi) is 4.09. The van der Waals surface area contributed by atoms with E-state index in [1.54, 1.807) is 0 Å². The predicted octanol–water partition coefficient (Wildman–Crippen LogP) is 4.78. The van der Waals surface area contributed by atoms with Crippen LogP contribution in [0, 0.1) is 6.92 Å². The van der Waals surface area contributed by atoms with Gasteiger partial charge in [-0.05, 0) is 56.8 Å². The maximum Gasteiger partial charge on any atom is 0.247 e. The Morgan fingerprint density at radius 3 is 2.52 bits per heavy atom. The Labute approximate surface area is 160 Å². The van der Waals surface area contributed by atoms with Crippen LogP contribution in [0.15, 0.2) is 59.0 Å². The summed E-state index contributed by atoms with van der Waals surface area (Å²) in [6, 6.07) is 20.2. The zero-order valence-corrected chi connectivity index (χ0v) is 15.9. The second-order valence-corrected chi connectivity index (χ2v) is 8.05. The van der Waals surface area contributed by atoms with E-state index in [2.05, 4.69) is 53.3 Å². The van der Waals surface area contributed by atoms with Crippen molar-refractivity contribution >= 4 is 0 Å². The highest BCUT2D eigenvalue weighted by molar-refractivity contribution is 5.51. The average molecular weight is 359 g/mol. The number of hydrogen-bond donors (Lipinski definition) is 0. The molecule has 0 radical (unpaired) electrons. The molecule has 138 valence electrons. The van der Waals surface area contributed by atoms with E-state index in [1.165, 1.54) is 24.0 Å². The number of aromatic nitrogens is 2. The Morgan fingerprint density at radius 1 is 0.963 bits per heavy atom. The van der Waals surface area contributed by atoms with E-state index in [4.69, 9.17) is 4.42 Å². The minimum Gasteiger partial charge on any atom is -0.420 e. The number of fused-ring (bicyclic) bond motifs is 2. The monoisotopic (exact) mass is 359 g/mol. The summed E-state index contributed by atoms with van der Waals surface area (Å²) in [7, 11) is 2.26. The van der Waals surface area contributed by atoms with Gasteiger partial charge in [-0.15, -0.1) is 10.2 Å². The van der Waals surface area contributed by atoms with Crippen molar-refractivity contribution in [2.45, 2.75) is 50.1 Å². The van der Waals surface area contributed by atoms with Crippen LogP contribution in [0.5, 0.6) is 0 Å². The Morgan fingerprint density at radius 2 is 1.74 bits per heavy atom. The molecule has 1 aromatic heterocycles. The number of aryl methyl sites for hydroxylation is 1. The summed E-state index contributed by atoms with van der Waals surface area (Å²) in [5.41, 5.74) is 3.68. The Balaban J connectivity index is 1.54. The first-order chi connectivity index (χ1) is 13.2. The Hall–Kier alpha value is -2.46. The molecule has 4 atom stereocenters. The maximum absolute atomic E-state index is 6.23. The molecule has 0 unspecified atom stereocenters. The lowest BCUT2D eigenvalue weighted by Gasteiger charge is -2.41. The molecule has 2 bridgehead atoms. The average Bonchev–Trinajstić information content (AvgIpc) is 3.26. The van der Waals surface area contributed by atoms with Gasteiger partial charge in [0.05, 0.1) is 5.92 Å². The van der Waals surface area contributed by atoms with E-state index < -0.39 is 0 Å². The van der Waals surface area contributed by atoms with Gasteiger partial charge in [-0.25, -0.2) is 0 Å². The molecule has 2 aromatic carbocycles. The minimum atomic E-state index is 0.251. The van der Waals surface area contributed by atoms with Crippen LogP contribution in [-0.2, 0) is 0 Å². The van der Waals surface area contributed by atoms with E-state index in [9.17, 15) is 0 Å². The summed E-state index contributed by atoms with van der Waals surface area (Å²) in [5.74, 6) is 2.09. The normalized spacial score (nSPS) is 27.8. The van der Waals surface area contributed by atoms with Crippen LogP contribution in [0.3, 0.4) is 0 Å². The summed E-state index contributed by atoms with van der Waals surface area (Å²) < 4.78 is 6.23. The molecule has 3 aromatic rings. The molecule has 0 spiro atoms. The van der Waals surface area contributed by atoms with Gasteiger partial charge < -0.3 is 4.42 Å². The van der Waals surface area contributed by atoms with E-state index in [1.807, 2.05) is 30.3 Å². The van der Waals surface area contributed by atoms with Crippen molar-refractivity contribution in [3.63, 3.8) is 0 Å². The first-order valence-electron chi connectivity index (χ1n) is 9.88. The van der Waals surface area contributed by atoms with E-state index in [0.717, 1.165) is 17.9 Å². The maximum atomic E-state index is 6.23. The van der Waals surface area contributed by atoms with E-state index in [-0.39, 0.29) is 5.92 Å². The molecule has 4 nitrogen and oxygen atoms in total. The lowest BCUT2D eigenvalue weighted by Crippen LogP contribution is -2.44. The zero-order chi connectivity index (χ0) is 18.4. The fourth-order valence-electron chi connectivity index (χ4n) is 5.03. The van der Waals surface area contributed by atoms with Crippen LogP contribution in [0.25, 0.3) is 11.5 Å². The molecule has 2 fully saturated rings. The van der Waals surface area contributed by atoms with Gasteiger partial charge in [0, 0.05) is 17.6 Å². The molecule has 2 saturated heterocycles. The van der Waals surface area contributed by atoms with E-state index >= 15 is 0 Å². The molecule has 2 aliphatic rings. The second-order valence-electron chi connectivity index (χ2n) is 8.05. The highest BCUT2D eigenvalue weighted by Gasteiger charge is 2.48. The Bertz CT molecular complexity index is 918. The van der Waals surface area contributed by atoms with Gasteiger partial charge in [-0.2, -0.15) is 0 Å². The van der Waals surface area contributed by atoms with Crippen LogP contribution >= 0.6 is 0 Å². The molecular formula is C23H25N3O. The lowest BCUT2D eigenvalue weighted by atomic mass is 9.76. The number of benzene rings is 2. The zero-order valence-electron chi connectivity index (χ0n) is 15.9. The minimum absolute atomic E-state index is 0.251. The number of hydrogen-bond acceptors (Lipinski definition) is 4. The molecular weight excluding hydrogens is 334 g/mol. The summed E-state index contributed by atoms with van der Waals surface area (Å²) in [5, 5.41) is 8.89. The van der Waals surface area contributed by atoms with Gasteiger partial charge in [-0.1, -0.05) is 48.0 Å². The van der Waals surface area contributed by atoms with Crippen LogP contribution < -0.4 is 0 Å². The fraction of sp³-hybridized carbons (Fsp3) is 0.391. The van der Waals surface area contributed by atoms with Crippen LogP contribution in [0.2, 0.25) is 0 Å². The first-order valence-corrected chi connectivity index (χ1v) is 9.88. The van der Waals surface area contributed by atoms with Crippen molar-refractivity contribution in [2.24, 2.45) is 0 Å². The van der Waals surface area contributed by atoms with Gasteiger partial charge in [-0.3, -0.25) is 4.90 Å². The SMILES string of the molecule is Cc1ccc([C@H]2C[C@@H]3CC[C@H]([C@@H]2c2nnc(-c4ccccc4)o2)N3C)cc1. The van der Waals surface area contributed by atoms with Crippen molar-refractivity contribution in [1.29, 1.82) is 0 Å². The number of likely N-dealkylation sites (N-methyl/N-ethyl adjacent to an activating group) is 1. The van der Waals surface area contributed by atoms with Crippen molar-refractivity contribution in [1.82, 2.24) is 15.1 Å². The lowest BCUT2D eigenvalue weighted by molar-refractivity contribution is 0.124. The molecule has 0 saturated carbocycles. The summed E-state index contributed by atoms with van der Waals surface area (Å²) in [4.78, 5) is 2.54. The summed E-state index contributed by atoms with van der Waals surface area (Å²) in [6.45, 7) is 2.14. The molecule has 27 heavy (non-hydrogen) atoms. The van der Waals surface area contributed by atoms with Gasteiger partial charge in [0.2, 0.25) is 11.8 Å². The second kappa shape index (κ2) is 6.61. The molecule has 3 heterocycles. The van der Waals surface area contributed by atoms with Crippen LogP contribution in [0.1, 0.15) is 48.1 Å². The highest BCUT2D eigenvalue weighted by Crippen LogP contribution is 2.50. The largest absolute Gasteiger partial charge is 0.420 e. The first kappa shape index (κ1) is 16.7. The predicted molar refractivity (Wildman–Crippen MR) is 106 cm³/mol.